The molecule has 2 rings (SSSR count). The summed E-state index contributed by atoms with van der Waals surface area (Å²) in [4.78, 5) is 0. The van der Waals surface area contributed by atoms with Gasteiger partial charge in [-0.25, -0.2) is 0 Å². The van der Waals surface area contributed by atoms with Crippen molar-refractivity contribution in [3.05, 3.63) is 11.8 Å². The predicted octanol–water partition coefficient (Wildman–Crippen LogP) is 1.84. The van der Waals surface area contributed by atoms with E-state index in [9.17, 15) is 0 Å². The summed E-state index contributed by atoms with van der Waals surface area (Å²) < 4.78 is 5.55. The zero-order valence-corrected chi connectivity index (χ0v) is 8.79. The lowest BCUT2D eigenvalue weighted by molar-refractivity contribution is 0.320. The Morgan fingerprint density at radius 3 is 2.79 bits per heavy atom. The topological polar surface area (TPSA) is 51.0 Å². The van der Waals surface area contributed by atoms with Crippen molar-refractivity contribution in [3.8, 4) is 0 Å². The van der Waals surface area contributed by atoms with Crippen molar-refractivity contribution in [1.82, 2.24) is 15.5 Å². The highest BCUT2D eigenvalue weighted by Gasteiger charge is 2.24. The summed E-state index contributed by atoms with van der Waals surface area (Å²) in [6.07, 6.45) is 3.71. The van der Waals surface area contributed by atoms with Gasteiger partial charge in [-0.05, 0) is 12.8 Å². The minimum Gasteiger partial charge on any atom is -0.424 e. The Hall–Kier alpha value is -0.900. The lowest BCUT2D eigenvalue weighted by Gasteiger charge is -2.20. The maximum Gasteiger partial charge on any atom is 0.230 e. The average Bonchev–Trinajstić information content (AvgIpc) is 2.46. The monoisotopic (exact) mass is 195 g/mol. The lowest BCUT2D eigenvalue weighted by atomic mass is 9.85. The second kappa shape index (κ2) is 4.09. The van der Waals surface area contributed by atoms with E-state index in [0.717, 1.165) is 5.89 Å². The number of rotatable bonds is 4. The Kier molecular flexibility index (Phi) is 2.82. The van der Waals surface area contributed by atoms with Gasteiger partial charge in [0.1, 0.15) is 0 Å². The summed E-state index contributed by atoms with van der Waals surface area (Å²) >= 11 is 0. The molecule has 0 atom stereocenters. The van der Waals surface area contributed by atoms with Gasteiger partial charge < -0.3 is 9.73 Å². The maximum atomic E-state index is 5.55. The van der Waals surface area contributed by atoms with Crippen LogP contribution in [0.25, 0.3) is 0 Å². The predicted molar refractivity (Wildman–Crippen MR) is 52.9 cm³/mol. The third kappa shape index (κ3) is 2.12. The molecule has 1 heterocycles. The van der Waals surface area contributed by atoms with E-state index in [0.29, 0.717) is 24.4 Å². The van der Waals surface area contributed by atoms with Gasteiger partial charge in [0.2, 0.25) is 11.8 Å². The van der Waals surface area contributed by atoms with Crippen molar-refractivity contribution in [3.63, 3.8) is 0 Å². The highest BCUT2D eigenvalue weighted by atomic mass is 16.4. The van der Waals surface area contributed by atoms with Crippen LogP contribution in [0, 0.1) is 0 Å². The summed E-state index contributed by atoms with van der Waals surface area (Å²) in [5.41, 5.74) is 0. The van der Waals surface area contributed by atoms with Gasteiger partial charge in [0.25, 0.3) is 0 Å². The Bertz CT molecular complexity index is 291. The van der Waals surface area contributed by atoms with Crippen LogP contribution in [0.15, 0.2) is 4.42 Å². The molecule has 1 fully saturated rings. The Morgan fingerprint density at radius 2 is 2.21 bits per heavy atom. The zero-order chi connectivity index (χ0) is 9.97. The van der Waals surface area contributed by atoms with Crippen molar-refractivity contribution < 1.29 is 4.42 Å². The molecule has 14 heavy (non-hydrogen) atoms. The number of hydrogen-bond donors (Lipinski definition) is 1. The Labute approximate surface area is 84.1 Å². The standard InChI is InChI=1S/C10H17N3O/c1-7(2)11-6-9-12-13-10(14-9)8-4-3-5-8/h7-8,11H,3-6H2,1-2H3. The molecule has 78 valence electrons. The molecule has 4 heteroatoms. The quantitative estimate of drug-likeness (QED) is 0.796. The largest absolute Gasteiger partial charge is 0.424 e. The van der Waals surface area contributed by atoms with Crippen molar-refractivity contribution in [2.24, 2.45) is 0 Å². The molecular weight excluding hydrogens is 178 g/mol. The third-order valence-corrected chi connectivity index (χ3v) is 2.60. The molecule has 0 amide bonds. The van der Waals surface area contributed by atoms with E-state index in [1.807, 2.05) is 0 Å². The molecule has 1 aliphatic rings. The molecule has 0 bridgehead atoms. The molecule has 1 aliphatic carbocycles. The first-order valence-corrected chi connectivity index (χ1v) is 5.31. The number of aromatic nitrogens is 2. The normalized spacial score (nSPS) is 17.4. The fraction of sp³-hybridized carbons (Fsp3) is 0.800. The van der Waals surface area contributed by atoms with Gasteiger partial charge in [0.15, 0.2) is 0 Å². The van der Waals surface area contributed by atoms with Crippen molar-refractivity contribution in [2.45, 2.75) is 51.6 Å². The van der Waals surface area contributed by atoms with E-state index in [1.165, 1.54) is 19.3 Å². The molecule has 0 saturated heterocycles. The molecule has 1 aromatic heterocycles. The minimum absolute atomic E-state index is 0.453. The summed E-state index contributed by atoms with van der Waals surface area (Å²) in [7, 11) is 0. The molecule has 1 N–H and O–H groups in total. The zero-order valence-electron chi connectivity index (χ0n) is 8.79. The molecule has 0 unspecified atom stereocenters. The first-order chi connectivity index (χ1) is 6.75. The molecule has 4 nitrogen and oxygen atoms in total. The summed E-state index contributed by atoms with van der Waals surface area (Å²) in [5, 5.41) is 11.3. The van der Waals surface area contributed by atoms with E-state index in [4.69, 9.17) is 4.42 Å². The van der Waals surface area contributed by atoms with Crippen LogP contribution in [0.2, 0.25) is 0 Å². The maximum absolute atomic E-state index is 5.55. The van der Waals surface area contributed by atoms with Gasteiger partial charge in [0, 0.05) is 12.0 Å². The molecule has 0 radical (unpaired) electrons. The Balaban J connectivity index is 1.89. The van der Waals surface area contributed by atoms with Crippen LogP contribution < -0.4 is 5.32 Å². The molecule has 0 aromatic carbocycles. The summed E-state index contributed by atoms with van der Waals surface area (Å²) in [5.74, 6) is 2.08. The van der Waals surface area contributed by atoms with E-state index in [2.05, 4.69) is 29.4 Å². The molecule has 1 saturated carbocycles. The first-order valence-electron chi connectivity index (χ1n) is 5.31. The highest BCUT2D eigenvalue weighted by molar-refractivity contribution is 4.96. The van der Waals surface area contributed by atoms with E-state index >= 15 is 0 Å². The van der Waals surface area contributed by atoms with Gasteiger partial charge in [-0.3, -0.25) is 0 Å². The summed E-state index contributed by atoms with van der Waals surface area (Å²) in [6, 6.07) is 0.453. The van der Waals surface area contributed by atoms with Crippen LogP contribution >= 0.6 is 0 Å². The van der Waals surface area contributed by atoms with E-state index < -0.39 is 0 Å². The number of nitrogens with one attached hydrogen (secondary N) is 1. The van der Waals surface area contributed by atoms with Gasteiger partial charge in [-0.1, -0.05) is 20.3 Å². The molecule has 0 spiro atoms. The van der Waals surface area contributed by atoms with Crippen LogP contribution in [-0.2, 0) is 6.54 Å². The fourth-order valence-corrected chi connectivity index (χ4v) is 1.45. The van der Waals surface area contributed by atoms with Gasteiger partial charge in [0.05, 0.1) is 6.54 Å². The lowest BCUT2D eigenvalue weighted by Crippen LogP contribution is -2.21. The highest BCUT2D eigenvalue weighted by Crippen LogP contribution is 2.35. The van der Waals surface area contributed by atoms with E-state index in [1.54, 1.807) is 0 Å². The minimum atomic E-state index is 0.453. The number of nitrogens with zero attached hydrogens (tertiary/aromatic N) is 2. The van der Waals surface area contributed by atoms with E-state index in [-0.39, 0.29) is 0 Å². The van der Waals surface area contributed by atoms with Gasteiger partial charge >= 0.3 is 0 Å². The molecule has 0 aliphatic heterocycles. The van der Waals surface area contributed by atoms with Gasteiger partial charge in [-0.2, -0.15) is 0 Å². The fourth-order valence-electron chi connectivity index (χ4n) is 1.45. The van der Waals surface area contributed by atoms with Crippen LogP contribution in [-0.4, -0.2) is 16.2 Å². The van der Waals surface area contributed by atoms with Crippen molar-refractivity contribution in [1.29, 1.82) is 0 Å². The smallest absolute Gasteiger partial charge is 0.230 e. The second-order valence-corrected chi connectivity index (χ2v) is 4.20. The van der Waals surface area contributed by atoms with Gasteiger partial charge in [-0.15, -0.1) is 10.2 Å². The Morgan fingerprint density at radius 1 is 1.43 bits per heavy atom. The number of hydrogen-bond acceptors (Lipinski definition) is 4. The summed E-state index contributed by atoms with van der Waals surface area (Å²) in [6.45, 7) is 4.88. The SMILES string of the molecule is CC(C)NCc1nnc(C2CCC2)o1. The molecular formula is C10H17N3O. The van der Waals surface area contributed by atoms with Crippen molar-refractivity contribution in [2.75, 3.05) is 0 Å². The second-order valence-electron chi connectivity index (χ2n) is 4.20. The first kappa shape index (κ1) is 9.65. The van der Waals surface area contributed by atoms with Crippen molar-refractivity contribution >= 4 is 0 Å². The van der Waals surface area contributed by atoms with Crippen LogP contribution in [0.3, 0.4) is 0 Å². The average molecular weight is 195 g/mol. The van der Waals surface area contributed by atoms with Crippen LogP contribution in [0.5, 0.6) is 0 Å². The third-order valence-electron chi connectivity index (χ3n) is 2.60. The van der Waals surface area contributed by atoms with Crippen LogP contribution in [0.1, 0.15) is 50.8 Å². The molecule has 1 aromatic rings. The van der Waals surface area contributed by atoms with Crippen LogP contribution in [0.4, 0.5) is 0 Å².